The van der Waals surface area contributed by atoms with E-state index in [0.717, 1.165) is 0 Å². The molecule has 0 spiro atoms. The number of amides is 1. The van der Waals surface area contributed by atoms with Crippen LogP contribution < -0.4 is 16.0 Å². The fraction of sp³-hybridized carbons (Fsp3) is 0.857. The molecule has 1 unspecified atom stereocenters. The van der Waals surface area contributed by atoms with E-state index in [9.17, 15) is 4.79 Å². The van der Waals surface area contributed by atoms with E-state index < -0.39 is 0 Å². The fourth-order valence-corrected chi connectivity index (χ4v) is 2.56. The first-order valence-corrected chi connectivity index (χ1v) is 7.58. The second kappa shape index (κ2) is 7.08. The summed E-state index contributed by atoms with van der Waals surface area (Å²) in [5.74, 6) is -0.0275. The van der Waals surface area contributed by atoms with Gasteiger partial charge in [-0.2, -0.15) is 0 Å². The summed E-state index contributed by atoms with van der Waals surface area (Å²) >= 11 is 5.27. The number of hydrogen-bond donors (Lipinski definition) is 3. The molecule has 0 heterocycles. The van der Waals surface area contributed by atoms with Crippen molar-refractivity contribution in [3.05, 3.63) is 0 Å². The molecule has 0 aromatic heterocycles. The Kier molecular flexibility index (Phi) is 6.04. The number of carbonyl (C=O) groups is 1. The maximum Gasteiger partial charge on any atom is 0.242 e. The summed E-state index contributed by atoms with van der Waals surface area (Å²) in [5, 5.41) is 9.89. The molecule has 1 saturated carbocycles. The molecule has 110 valence electrons. The Bertz CT molecular complexity index is 319. The predicted molar refractivity (Wildman–Crippen MR) is 83.1 cm³/mol. The average Bonchev–Trinajstić information content (AvgIpc) is 2.27. The molecule has 0 radical (unpaired) electrons. The number of thiocarbonyl (C=S) groups is 1. The van der Waals surface area contributed by atoms with Crippen molar-refractivity contribution in [3.8, 4) is 0 Å². The van der Waals surface area contributed by atoms with E-state index in [1.54, 1.807) is 0 Å². The van der Waals surface area contributed by atoms with Gasteiger partial charge in [-0.25, -0.2) is 0 Å². The van der Waals surface area contributed by atoms with Gasteiger partial charge in [-0.1, -0.05) is 19.3 Å². The molecule has 4 nitrogen and oxygen atoms in total. The van der Waals surface area contributed by atoms with Crippen LogP contribution in [0.1, 0.15) is 59.8 Å². The minimum Gasteiger partial charge on any atom is -0.360 e. The highest BCUT2D eigenvalue weighted by atomic mass is 32.1. The van der Waals surface area contributed by atoms with Crippen LogP contribution in [0.2, 0.25) is 0 Å². The molecule has 1 aliphatic rings. The SMILES string of the molecule is CC(NC(=S)NC1CCCCC1)C(=O)NC(C)(C)C. The van der Waals surface area contributed by atoms with Gasteiger partial charge in [0.05, 0.1) is 0 Å². The minimum atomic E-state index is -0.317. The second-order valence-corrected chi connectivity index (χ2v) is 6.82. The van der Waals surface area contributed by atoms with Crippen LogP contribution in [-0.2, 0) is 4.79 Å². The molecule has 19 heavy (non-hydrogen) atoms. The maximum atomic E-state index is 11.9. The van der Waals surface area contributed by atoms with Gasteiger partial charge in [0, 0.05) is 11.6 Å². The Morgan fingerprint density at radius 3 is 2.32 bits per heavy atom. The molecule has 3 N–H and O–H groups in total. The first kappa shape index (κ1) is 16.2. The minimum absolute atomic E-state index is 0.0275. The summed E-state index contributed by atoms with van der Waals surface area (Å²) in [6, 6.07) is 0.148. The Morgan fingerprint density at radius 1 is 1.21 bits per heavy atom. The lowest BCUT2D eigenvalue weighted by molar-refractivity contribution is -0.123. The van der Waals surface area contributed by atoms with Crippen LogP contribution >= 0.6 is 12.2 Å². The van der Waals surface area contributed by atoms with E-state index >= 15 is 0 Å². The van der Waals surface area contributed by atoms with E-state index in [2.05, 4.69) is 16.0 Å². The normalized spacial score (nSPS) is 18.5. The van der Waals surface area contributed by atoms with Gasteiger partial charge in [-0.3, -0.25) is 4.79 Å². The van der Waals surface area contributed by atoms with Crippen molar-refractivity contribution < 1.29 is 4.79 Å². The maximum absolute atomic E-state index is 11.9. The van der Waals surface area contributed by atoms with Gasteiger partial charge in [0.2, 0.25) is 5.91 Å². The number of rotatable bonds is 3. The molecule has 1 atom stereocenters. The highest BCUT2D eigenvalue weighted by Gasteiger charge is 2.20. The Morgan fingerprint density at radius 2 is 1.79 bits per heavy atom. The Balaban J connectivity index is 2.32. The summed E-state index contributed by atoms with van der Waals surface area (Å²) < 4.78 is 0. The summed E-state index contributed by atoms with van der Waals surface area (Å²) in [6.45, 7) is 7.73. The lowest BCUT2D eigenvalue weighted by atomic mass is 9.96. The molecule has 0 aromatic rings. The first-order chi connectivity index (χ1) is 8.78. The zero-order valence-electron chi connectivity index (χ0n) is 12.5. The molecule has 1 rings (SSSR count). The smallest absolute Gasteiger partial charge is 0.242 e. The van der Waals surface area contributed by atoms with Crippen molar-refractivity contribution in [1.29, 1.82) is 0 Å². The molecule has 5 heteroatoms. The van der Waals surface area contributed by atoms with Crippen molar-refractivity contribution in [3.63, 3.8) is 0 Å². The summed E-state index contributed by atoms with van der Waals surface area (Å²) in [5.41, 5.74) is -0.217. The molecule has 0 aromatic carbocycles. The molecule has 1 aliphatic carbocycles. The van der Waals surface area contributed by atoms with Crippen molar-refractivity contribution in [1.82, 2.24) is 16.0 Å². The summed E-state index contributed by atoms with van der Waals surface area (Å²) in [6.07, 6.45) is 6.19. The Hall–Kier alpha value is -0.840. The van der Waals surface area contributed by atoms with Crippen molar-refractivity contribution >= 4 is 23.2 Å². The summed E-state index contributed by atoms with van der Waals surface area (Å²) in [4.78, 5) is 11.9. The third kappa shape index (κ3) is 6.76. The van der Waals surface area contributed by atoms with Gasteiger partial charge in [0.15, 0.2) is 5.11 Å². The van der Waals surface area contributed by atoms with Gasteiger partial charge in [-0.15, -0.1) is 0 Å². The van der Waals surface area contributed by atoms with Crippen LogP contribution in [0.5, 0.6) is 0 Å². The summed E-state index contributed by atoms with van der Waals surface area (Å²) in [7, 11) is 0. The number of carbonyl (C=O) groups excluding carboxylic acids is 1. The number of nitrogens with one attached hydrogen (secondary N) is 3. The predicted octanol–water partition coefficient (Wildman–Crippen LogP) is 2.09. The molecule has 0 bridgehead atoms. The van der Waals surface area contributed by atoms with Gasteiger partial charge < -0.3 is 16.0 Å². The first-order valence-electron chi connectivity index (χ1n) is 7.17. The van der Waals surface area contributed by atoms with Crippen LogP contribution in [0, 0.1) is 0 Å². The lowest BCUT2D eigenvalue weighted by Gasteiger charge is -2.27. The van der Waals surface area contributed by atoms with E-state index in [1.165, 1.54) is 32.1 Å². The van der Waals surface area contributed by atoms with Crippen LogP contribution in [0.3, 0.4) is 0 Å². The van der Waals surface area contributed by atoms with Crippen molar-refractivity contribution in [2.45, 2.75) is 77.4 Å². The van der Waals surface area contributed by atoms with Gasteiger partial charge in [0.1, 0.15) is 6.04 Å². The molecule has 0 aliphatic heterocycles. The zero-order chi connectivity index (χ0) is 14.5. The third-order valence-electron chi connectivity index (χ3n) is 3.18. The quantitative estimate of drug-likeness (QED) is 0.695. The monoisotopic (exact) mass is 285 g/mol. The molecule has 1 amide bonds. The van der Waals surface area contributed by atoms with Crippen LogP contribution in [-0.4, -0.2) is 28.6 Å². The average molecular weight is 285 g/mol. The highest BCUT2D eigenvalue weighted by Crippen LogP contribution is 2.17. The largest absolute Gasteiger partial charge is 0.360 e. The lowest BCUT2D eigenvalue weighted by Crippen LogP contribution is -2.53. The highest BCUT2D eigenvalue weighted by molar-refractivity contribution is 7.80. The zero-order valence-corrected chi connectivity index (χ0v) is 13.3. The van der Waals surface area contributed by atoms with Crippen LogP contribution in [0.25, 0.3) is 0 Å². The fourth-order valence-electron chi connectivity index (χ4n) is 2.21. The Labute approximate surface area is 122 Å². The van der Waals surface area contributed by atoms with Crippen LogP contribution in [0.4, 0.5) is 0 Å². The van der Waals surface area contributed by atoms with Gasteiger partial charge in [0.25, 0.3) is 0 Å². The van der Waals surface area contributed by atoms with E-state index in [0.29, 0.717) is 11.2 Å². The van der Waals surface area contributed by atoms with E-state index in [-0.39, 0.29) is 17.5 Å². The van der Waals surface area contributed by atoms with Gasteiger partial charge >= 0.3 is 0 Å². The molecule has 1 fully saturated rings. The van der Waals surface area contributed by atoms with E-state index in [4.69, 9.17) is 12.2 Å². The van der Waals surface area contributed by atoms with Crippen molar-refractivity contribution in [2.24, 2.45) is 0 Å². The standard InChI is InChI=1S/C14H27N3OS/c1-10(12(18)17-14(2,3)4)15-13(19)16-11-8-6-5-7-9-11/h10-11H,5-9H2,1-4H3,(H,17,18)(H2,15,16,19). The second-order valence-electron chi connectivity index (χ2n) is 6.41. The van der Waals surface area contributed by atoms with E-state index in [1.807, 2.05) is 27.7 Å². The van der Waals surface area contributed by atoms with Crippen LogP contribution in [0.15, 0.2) is 0 Å². The molecule has 0 saturated heterocycles. The third-order valence-corrected chi connectivity index (χ3v) is 3.42. The van der Waals surface area contributed by atoms with Crippen molar-refractivity contribution in [2.75, 3.05) is 0 Å². The molecular weight excluding hydrogens is 258 g/mol. The topological polar surface area (TPSA) is 53.2 Å². The number of hydrogen-bond acceptors (Lipinski definition) is 2. The van der Waals surface area contributed by atoms with Gasteiger partial charge in [-0.05, 0) is 52.8 Å². The molecular formula is C14H27N3OS.